The summed E-state index contributed by atoms with van der Waals surface area (Å²) >= 11 is 0. The van der Waals surface area contributed by atoms with E-state index in [0.717, 1.165) is 13.0 Å². The fourth-order valence-corrected chi connectivity index (χ4v) is 2.44. The van der Waals surface area contributed by atoms with E-state index in [1.165, 1.54) is 0 Å². The summed E-state index contributed by atoms with van der Waals surface area (Å²) < 4.78 is 0. The molecule has 0 rings (SSSR count). The third-order valence-electron chi connectivity index (χ3n) is 3.85. The molecule has 0 spiro atoms. The lowest BCUT2D eigenvalue weighted by Crippen LogP contribution is -2.42. The molecule has 0 atom stereocenters. The van der Waals surface area contributed by atoms with Crippen LogP contribution in [0.4, 0.5) is 0 Å². The molecule has 0 radical (unpaired) electrons. The zero-order valence-electron chi connectivity index (χ0n) is 18.8. The summed E-state index contributed by atoms with van der Waals surface area (Å²) in [6.07, 6.45) is 2.54. The first-order valence-electron chi connectivity index (χ1n) is 10.4. The Kier molecular flexibility index (Phi) is 16.2. The summed E-state index contributed by atoms with van der Waals surface area (Å²) in [6, 6.07) is 0. The largest absolute Gasteiger partial charge is 0.387 e. The Morgan fingerprint density at radius 3 is 2.06 bits per heavy atom. The van der Waals surface area contributed by atoms with Gasteiger partial charge in [0.1, 0.15) is 0 Å². The molecular weight excluding hydrogens is 400 g/mol. The van der Waals surface area contributed by atoms with Crippen molar-refractivity contribution >= 4 is 29.6 Å². The number of amidine groups is 1. The summed E-state index contributed by atoms with van der Waals surface area (Å²) in [6.45, 7) is 5.46. The van der Waals surface area contributed by atoms with Gasteiger partial charge >= 0.3 is 0 Å². The van der Waals surface area contributed by atoms with Gasteiger partial charge in [-0.2, -0.15) is 0 Å². The van der Waals surface area contributed by atoms with Crippen LogP contribution in [0.5, 0.6) is 0 Å². The van der Waals surface area contributed by atoms with Crippen LogP contribution in [0.1, 0.15) is 32.6 Å². The highest BCUT2D eigenvalue weighted by atomic mass is 16.2. The number of nitrogens with one attached hydrogen (secondary N) is 2. The SMILES string of the molecule is CNCCCN(CCCN=C(N)NC(N)=NCCCN=C(N)/N=C(/C)N)C(=O)CCN. The molecule has 1 amide bonds. The maximum Gasteiger partial charge on any atom is 0.223 e. The Bertz CT molecular complexity index is 625. The van der Waals surface area contributed by atoms with Gasteiger partial charge in [0.2, 0.25) is 11.9 Å². The molecule has 0 aliphatic rings. The minimum absolute atomic E-state index is 0.0566. The second-order valence-corrected chi connectivity index (χ2v) is 6.74. The van der Waals surface area contributed by atoms with Gasteiger partial charge in [0.25, 0.3) is 0 Å². The zero-order valence-corrected chi connectivity index (χ0v) is 18.8. The lowest BCUT2D eigenvalue weighted by molar-refractivity contribution is -0.131. The van der Waals surface area contributed by atoms with E-state index in [9.17, 15) is 4.79 Å². The maximum absolute atomic E-state index is 12.1. The van der Waals surface area contributed by atoms with Crippen LogP contribution in [0.25, 0.3) is 0 Å². The van der Waals surface area contributed by atoms with Gasteiger partial charge < -0.3 is 38.9 Å². The summed E-state index contributed by atoms with van der Waals surface area (Å²) in [7, 11) is 1.88. The second-order valence-electron chi connectivity index (χ2n) is 6.74. The van der Waals surface area contributed by atoms with E-state index < -0.39 is 0 Å². The number of amides is 1. The average molecular weight is 441 g/mol. The summed E-state index contributed by atoms with van der Waals surface area (Å²) in [5, 5.41) is 5.80. The van der Waals surface area contributed by atoms with Crippen LogP contribution in [-0.2, 0) is 4.79 Å². The Hall–Kier alpha value is -2.93. The summed E-state index contributed by atoms with van der Waals surface area (Å²) in [5.41, 5.74) is 28.1. The number of carbonyl (C=O) groups is 1. The van der Waals surface area contributed by atoms with E-state index in [1.54, 1.807) is 6.92 Å². The topological polar surface area (TPSA) is 224 Å². The molecule has 0 saturated carbocycles. The highest BCUT2D eigenvalue weighted by Gasteiger charge is 2.11. The molecule has 178 valence electrons. The summed E-state index contributed by atoms with van der Waals surface area (Å²) in [5.74, 6) is 0.885. The van der Waals surface area contributed by atoms with Gasteiger partial charge in [-0.25, -0.2) is 4.99 Å². The molecule has 13 heteroatoms. The Morgan fingerprint density at radius 1 is 0.903 bits per heavy atom. The van der Waals surface area contributed by atoms with Gasteiger partial charge in [0.05, 0.1) is 5.84 Å². The number of carbonyl (C=O) groups excluding carboxylic acids is 1. The molecule has 0 fully saturated rings. The predicted octanol–water partition coefficient (Wildman–Crippen LogP) is -2.54. The van der Waals surface area contributed by atoms with E-state index in [2.05, 4.69) is 30.6 Å². The monoisotopic (exact) mass is 440 g/mol. The molecule has 31 heavy (non-hydrogen) atoms. The molecule has 0 saturated heterocycles. The Labute approximate surface area is 184 Å². The maximum atomic E-state index is 12.1. The summed E-state index contributed by atoms with van der Waals surface area (Å²) in [4.78, 5) is 30.2. The predicted molar refractivity (Wildman–Crippen MR) is 128 cm³/mol. The minimum atomic E-state index is 0.0566. The van der Waals surface area contributed by atoms with Crippen LogP contribution in [0, 0.1) is 0 Å². The molecule has 12 N–H and O–H groups in total. The van der Waals surface area contributed by atoms with Gasteiger partial charge in [0, 0.05) is 45.7 Å². The molecule has 0 aromatic rings. The molecule has 0 bridgehead atoms. The molecule has 0 aromatic heterocycles. The highest BCUT2D eigenvalue weighted by molar-refractivity contribution is 5.97. The van der Waals surface area contributed by atoms with Gasteiger partial charge in [-0.3, -0.25) is 25.1 Å². The quantitative estimate of drug-likeness (QED) is 0.0863. The lowest BCUT2D eigenvalue weighted by Gasteiger charge is -2.22. The van der Waals surface area contributed by atoms with Crippen molar-refractivity contribution in [2.45, 2.75) is 32.6 Å². The fourth-order valence-electron chi connectivity index (χ4n) is 2.44. The van der Waals surface area contributed by atoms with Crippen LogP contribution < -0.4 is 39.3 Å². The first-order valence-corrected chi connectivity index (χ1v) is 10.4. The molecule has 0 aromatic carbocycles. The van der Waals surface area contributed by atoms with Gasteiger partial charge in [-0.15, -0.1) is 0 Å². The van der Waals surface area contributed by atoms with E-state index in [1.807, 2.05) is 11.9 Å². The molecule has 13 nitrogen and oxygen atoms in total. The van der Waals surface area contributed by atoms with Crippen molar-refractivity contribution in [1.29, 1.82) is 0 Å². The molecule has 0 aliphatic carbocycles. The van der Waals surface area contributed by atoms with Crippen LogP contribution >= 0.6 is 0 Å². The second kappa shape index (κ2) is 17.9. The van der Waals surface area contributed by atoms with Crippen molar-refractivity contribution in [3.8, 4) is 0 Å². The number of nitrogens with two attached hydrogens (primary N) is 5. The van der Waals surface area contributed by atoms with E-state index in [0.29, 0.717) is 64.4 Å². The molecule has 0 heterocycles. The average Bonchev–Trinajstić information content (AvgIpc) is 2.69. The van der Waals surface area contributed by atoms with Gasteiger partial charge in [-0.1, -0.05) is 0 Å². The Morgan fingerprint density at radius 2 is 1.48 bits per heavy atom. The van der Waals surface area contributed by atoms with E-state index >= 15 is 0 Å². The smallest absolute Gasteiger partial charge is 0.223 e. The number of hydrogen-bond donors (Lipinski definition) is 7. The van der Waals surface area contributed by atoms with Crippen molar-refractivity contribution in [1.82, 2.24) is 15.5 Å². The minimum Gasteiger partial charge on any atom is -0.387 e. The number of rotatable bonds is 14. The normalized spacial score (nSPS) is 13.4. The third-order valence-corrected chi connectivity index (χ3v) is 3.85. The van der Waals surface area contributed by atoms with Crippen LogP contribution in [-0.4, -0.2) is 87.4 Å². The van der Waals surface area contributed by atoms with Crippen LogP contribution in [0.15, 0.2) is 20.0 Å². The number of guanidine groups is 3. The highest BCUT2D eigenvalue weighted by Crippen LogP contribution is 1.99. The Balaban J connectivity index is 4.29. The van der Waals surface area contributed by atoms with Crippen molar-refractivity contribution in [3.63, 3.8) is 0 Å². The molecular formula is C18H40N12O. The molecule has 0 unspecified atom stereocenters. The van der Waals surface area contributed by atoms with Gasteiger partial charge in [0.15, 0.2) is 11.9 Å². The van der Waals surface area contributed by atoms with E-state index in [-0.39, 0.29) is 23.8 Å². The lowest BCUT2D eigenvalue weighted by atomic mass is 10.3. The first kappa shape index (κ1) is 28.1. The third kappa shape index (κ3) is 16.5. The van der Waals surface area contributed by atoms with Crippen molar-refractivity contribution in [2.24, 2.45) is 48.6 Å². The van der Waals surface area contributed by atoms with Crippen molar-refractivity contribution < 1.29 is 4.79 Å². The van der Waals surface area contributed by atoms with Crippen molar-refractivity contribution in [3.05, 3.63) is 0 Å². The fraction of sp³-hybridized carbons (Fsp3) is 0.722. The number of hydrogen-bond acceptors (Lipinski definition) is 6. The van der Waals surface area contributed by atoms with Crippen LogP contribution in [0.3, 0.4) is 0 Å². The number of aliphatic imine (C=N–C) groups is 4. The van der Waals surface area contributed by atoms with Gasteiger partial charge in [-0.05, 0) is 39.8 Å². The van der Waals surface area contributed by atoms with Crippen LogP contribution in [0.2, 0.25) is 0 Å². The zero-order chi connectivity index (χ0) is 23.5. The van der Waals surface area contributed by atoms with E-state index in [4.69, 9.17) is 28.7 Å². The first-order chi connectivity index (χ1) is 14.8. The van der Waals surface area contributed by atoms with Crippen molar-refractivity contribution in [2.75, 3.05) is 52.9 Å². The number of nitrogens with zero attached hydrogens (tertiary/aromatic N) is 5. The standard InChI is InChI=1S/C18H40N12O/c1-14(20)28-16(21)25-9-3-10-26-17(22)29-18(23)27-11-5-13-30(12-4-8-24-2)15(31)6-7-19/h24H,3-13,19H2,1-2H3,(H4,20,21,25,28)(H5,22,23,26,27,29). The molecule has 0 aliphatic heterocycles.